The van der Waals surface area contributed by atoms with Gasteiger partial charge in [0, 0.05) is 18.1 Å². The third kappa shape index (κ3) is 6.92. The summed E-state index contributed by atoms with van der Waals surface area (Å²) >= 11 is 0. The number of rotatable bonds is 4. The summed E-state index contributed by atoms with van der Waals surface area (Å²) in [5, 5.41) is 11.1. The first-order valence-electron chi connectivity index (χ1n) is 6.64. The van der Waals surface area contributed by atoms with Gasteiger partial charge >= 0.3 is 16.1 Å². The van der Waals surface area contributed by atoms with Crippen LogP contribution in [-0.2, 0) is 24.3 Å². The van der Waals surface area contributed by atoms with Gasteiger partial charge < -0.3 is 20.2 Å². The smallest absolute Gasteiger partial charge is 0.353 e. The van der Waals surface area contributed by atoms with E-state index in [4.69, 9.17) is 10.5 Å². The van der Waals surface area contributed by atoms with Gasteiger partial charge in [0.15, 0.2) is 5.96 Å². The second kappa shape index (κ2) is 7.99. The van der Waals surface area contributed by atoms with Crippen LogP contribution in [-0.4, -0.2) is 39.6 Å². The summed E-state index contributed by atoms with van der Waals surface area (Å²) in [6.07, 6.45) is 3.95. The summed E-state index contributed by atoms with van der Waals surface area (Å²) in [5.74, 6) is -1.53. The van der Waals surface area contributed by atoms with Crippen LogP contribution in [0.4, 0.5) is 0 Å². The number of primary sulfonamides is 1. The van der Waals surface area contributed by atoms with E-state index in [0.29, 0.717) is 11.9 Å². The molecule has 0 unspecified atom stereocenters. The SMILES string of the molecule is CS(=O)(=O)OC(=O)c1cc(-n2cccc2)cc(S(N)(=O)=O)c1.N=C(N)N. The van der Waals surface area contributed by atoms with Crippen molar-refractivity contribution >= 4 is 32.1 Å². The third-order valence-corrected chi connectivity index (χ3v) is 3.93. The molecule has 142 valence electrons. The number of sulfonamides is 1. The van der Waals surface area contributed by atoms with Crippen LogP contribution in [0.25, 0.3) is 5.69 Å². The molecule has 0 aliphatic rings. The zero-order chi connectivity index (χ0) is 20.1. The molecule has 2 rings (SSSR count). The molecule has 0 saturated carbocycles. The Labute approximate surface area is 150 Å². The molecule has 0 amide bonds. The minimum absolute atomic E-state index is 0.249. The van der Waals surface area contributed by atoms with Crippen LogP contribution in [0.15, 0.2) is 47.6 Å². The minimum Gasteiger partial charge on any atom is -0.370 e. The van der Waals surface area contributed by atoms with Crippen LogP contribution in [0, 0.1) is 5.41 Å². The van der Waals surface area contributed by atoms with Gasteiger partial charge in [0.2, 0.25) is 10.0 Å². The summed E-state index contributed by atoms with van der Waals surface area (Å²) in [6, 6.07) is 6.89. The number of nitrogens with two attached hydrogens (primary N) is 3. The van der Waals surface area contributed by atoms with E-state index in [-0.39, 0.29) is 16.4 Å². The predicted molar refractivity (Wildman–Crippen MR) is 93.5 cm³/mol. The van der Waals surface area contributed by atoms with E-state index in [1.807, 2.05) is 0 Å². The highest BCUT2D eigenvalue weighted by Gasteiger charge is 2.19. The zero-order valence-electron chi connectivity index (χ0n) is 13.5. The maximum absolute atomic E-state index is 11.8. The van der Waals surface area contributed by atoms with E-state index in [1.54, 1.807) is 24.5 Å². The summed E-state index contributed by atoms with van der Waals surface area (Å²) in [4.78, 5) is 11.5. The Morgan fingerprint density at radius 3 is 2.00 bits per heavy atom. The largest absolute Gasteiger partial charge is 0.370 e. The molecule has 13 heteroatoms. The number of benzene rings is 1. The number of nitrogens with zero attached hydrogens (tertiary/aromatic N) is 1. The van der Waals surface area contributed by atoms with Crippen molar-refractivity contribution < 1.29 is 25.8 Å². The average Bonchev–Trinajstić information content (AvgIpc) is 2.97. The molecule has 0 aliphatic carbocycles. The molecule has 11 nitrogen and oxygen atoms in total. The van der Waals surface area contributed by atoms with Crippen LogP contribution in [0.3, 0.4) is 0 Å². The topological polar surface area (TPSA) is 201 Å². The first-order chi connectivity index (χ1) is 11.8. The van der Waals surface area contributed by atoms with E-state index in [9.17, 15) is 21.6 Å². The van der Waals surface area contributed by atoms with E-state index < -0.39 is 26.1 Å². The number of carbonyl (C=O) groups is 1. The van der Waals surface area contributed by atoms with Crippen molar-refractivity contribution in [3.63, 3.8) is 0 Å². The molecule has 0 saturated heterocycles. The van der Waals surface area contributed by atoms with Crippen LogP contribution in [0.2, 0.25) is 0 Å². The molecule has 7 N–H and O–H groups in total. The summed E-state index contributed by atoms with van der Waals surface area (Å²) in [7, 11) is -8.11. The molecular formula is C13H17N5O6S2. The molecule has 1 aromatic heterocycles. The lowest BCUT2D eigenvalue weighted by molar-refractivity contribution is 0.0748. The fraction of sp³-hybridized carbons (Fsp3) is 0.0769. The van der Waals surface area contributed by atoms with E-state index in [1.165, 1.54) is 16.7 Å². The molecule has 0 spiro atoms. The van der Waals surface area contributed by atoms with E-state index in [2.05, 4.69) is 15.7 Å². The quantitative estimate of drug-likeness (QED) is 0.285. The lowest BCUT2D eigenvalue weighted by atomic mass is 10.2. The van der Waals surface area contributed by atoms with Crippen molar-refractivity contribution in [1.82, 2.24) is 4.57 Å². The Balaban J connectivity index is 0.000000765. The summed E-state index contributed by atoms with van der Waals surface area (Å²) in [6.45, 7) is 0. The Morgan fingerprint density at radius 2 is 1.58 bits per heavy atom. The molecule has 0 bridgehead atoms. The maximum Gasteiger partial charge on any atom is 0.353 e. The summed E-state index contributed by atoms with van der Waals surface area (Å²) < 4.78 is 50.8. The highest BCUT2D eigenvalue weighted by molar-refractivity contribution is 7.89. The van der Waals surface area contributed by atoms with Gasteiger partial charge in [-0.05, 0) is 30.3 Å². The number of hydrogen-bond donors (Lipinski definition) is 4. The van der Waals surface area contributed by atoms with E-state index >= 15 is 0 Å². The highest BCUT2D eigenvalue weighted by atomic mass is 32.2. The Hall–Kier alpha value is -2.90. The van der Waals surface area contributed by atoms with Crippen molar-refractivity contribution in [1.29, 1.82) is 5.41 Å². The maximum atomic E-state index is 11.8. The van der Waals surface area contributed by atoms with Crippen LogP contribution in [0.1, 0.15) is 10.4 Å². The van der Waals surface area contributed by atoms with E-state index in [0.717, 1.165) is 6.07 Å². The zero-order valence-corrected chi connectivity index (χ0v) is 15.1. The second-order valence-corrected chi connectivity index (χ2v) is 8.02. The second-order valence-electron chi connectivity index (χ2n) is 4.88. The average molecular weight is 403 g/mol. The first-order valence-corrected chi connectivity index (χ1v) is 10.0. The normalized spacial score (nSPS) is 11.2. The summed E-state index contributed by atoms with van der Waals surface area (Å²) in [5.41, 5.74) is 9.01. The van der Waals surface area contributed by atoms with Crippen molar-refractivity contribution in [2.75, 3.05) is 6.26 Å². The molecule has 1 heterocycles. The fourth-order valence-corrected chi connectivity index (χ4v) is 2.65. The van der Waals surface area contributed by atoms with Gasteiger partial charge in [-0.25, -0.2) is 18.4 Å². The molecule has 26 heavy (non-hydrogen) atoms. The van der Waals surface area contributed by atoms with Crippen molar-refractivity contribution in [2.24, 2.45) is 16.6 Å². The number of hydrogen-bond acceptors (Lipinski definition) is 7. The van der Waals surface area contributed by atoms with Gasteiger partial charge in [0.25, 0.3) is 0 Å². The number of aromatic nitrogens is 1. The predicted octanol–water partition coefficient (Wildman–Crippen LogP) is -0.920. The molecule has 0 fully saturated rings. The van der Waals surface area contributed by atoms with Gasteiger partial charge in [0.05, 0.1) is 16.7 Å². The minimum atomic E-state index is -4.09. The Morgan fingerprint density at radius 1 is 1.08 bits per heavy atom. The Kier molecular flexibility index (Phi) is 6.49. The lowest BCUT2D eigenvalue weighted by Gasteiger charge is -2.09. The monoisotopic (exact) mass is 403 g/mol. The number of carbonyl (C=O) groups excluding carboxylic acids is 1. The van der Waals surface area contributed by atoms with Gasteiger partial charge in [-0.15, -0.1) is 0 Å². The van der Waals surface area contributed by atoms with Gasteiger partial charge in [-0.3, -0.25) is 5.41 Å². The van der Waals surface area contributed by atoms with Crippen LogP contribution in [0.5, 0.6) is 0 Å². The molecule has 2 aromatic rings. The molecule has 1 aromatic carbocycles. The van der Waals surface area contributed by atoms with Crippen LogP contribution < -0.4 is 16.6 Å². The van der Waals surface area contributed by atoms with Crippen molar-refractivity contribution in [3.05, 3.63) is 48.3 Å². The standard InChI is InChI=1S/C12H12N2O6S2.CH5N3/c1-21(16,17)20-12(15)9-6-10(14-4-2-3-5-14)8-11(7-9)22(13,18)19;2-1(3)4/h2-8H,1H3,(H2,13,18,19);(H5,2,3,4). The van der Waals surface area contributed by atoms with Crippen molar-refractivity contribution in [3.8, 4) is 5.69 Å². The highest BCUT2D eigenvalue weighted by Crippen LogP contribution is 2.19. The fourth-order valence-electron chi connectivity index (χ4n) is 1.71. The number of nitrogens with one attached hydrogen (secondary N) is 1. The molecule has 0 radical (unpaired) electrons. The molecule has 0 atom stereocenters. The molecule has 0 aliphatic heterocycles. The number of guanidine groups is 1. The third-order valence-electron chi connectivity index (χ3n) is 2.59. The van der Waals surface area contributed by atoms with Gasteiger partial charge in [-0.2, -0.15) is 8.42 Å². The Bertz CT molecular complexity index is 1010. The lowest BCUT2D eigenvalue weighted by Crippen LogP contribution is -2.20. The van der Waals surface area contributed by atoms with Crippen LogP contribution >= 0.6 is 0 Å². The van der Waals surface area contributed by atoms with Gasteiger partial charge in [0.1, 0.15) is 0 Å². The van der Waals surface area contributed by atoms with Crippen molar-refractivity contribution in [2.45, 2.75) is 4.90 Å². The first kappa shape index (κ1) is 21.1. The van der Waals surface area contributed by atoms with Gasteiger partial charge in [-0.1, -0.05) is 0 Å². The molecular weight excluding hydrogens is 386 g/mol.